The molecule has 1 atom stereocenters. The third kappa shape index (κ3) is 5.51. The molecule has 10 heteroatoms. The highest BCUT2D eigenvalue weighted by molar-refractivity contribution is 7.89. The molecule has 9 nitrogen and oxygen atoms in total. The molecule has 0 unspecified atom stereocenters. The fourth-order valence-corrected chi connectivity index (χ4v) is 5.43. The maximum Gasteiger partial charge on any atom is 0.338 e. The van der Waals surface area contributed by atoms with Gasteiger partial charge in [-0.25, -0.2) is 13.2 Å². The lowest BCUT2D eigenvalue weighted by molar-refractivity contribution is -0.123. The van der Waals surface area contributed by atoms with E-state index in [9.17, 15) is 18.0 Å². The van der Waals surface area contributed by atoms with E-state index in [0.717, 1.165) is 25.7 Å². The fraction of sp³-hybridized carbons (Fsp3) is 0.417. The molecule has 1 N–H and O–H groups in total. The van der Waals surface area contributed by atoms with Crippen molar-refractivity contribution in [3.05, 3.63) is 48.0 Å². The third-order valence-corrected chi connectivity index (χ3v) is 7.63. The number of hydrogen-bond donors (Lipinski definition) is 1. The number of anilines is 1. The molecule has 1 amide bonds. The zero-order valence-electron chi connectivity index (χ0n) is 19.0. The number of rotatable bonds is 6. The van der Waals surface area contributed by atoms with Crippen LogP contribution in [0.2, 0.25) is 0 Å². The van der Waals surface area contributed by atoms with Gasteiger partial charge in [0.2, 0.25) is 10.0 Å². The first kappa shape index (κ1) is 24.0. The van der Waals surface area contributed by atoms with E-state index in [2.05, 4.69) is 5.32 Å². The van der Waals surface area contributed by atoms with Gasteiger partial charge >= 0.3 is 5.97 Å². The van der Waals surface area contributed by atoms with Crippen molar-refractivity contribution in [1.82, 2.24) is 4.31 Å². The Morgan fingerprint density at radius 3 is 2.41 bits per heavy atom. The molecule has 1 saturated heterocycles. The van der Waals surface area contributed by atoms with Crippen LogP contribution < -0.4 is 14.8 Å². The lowest BCUT2D eigenvalue weighted by Crippen LogP contribution is -2.32. The van der Waals surface area contributed by atoms with Crippen LogP contribution in [0.4, 0.5) is 5.69 Å². The van der Waals surface area contributed by atoms with E-state index in [4.69, 9.17) is 14.2 Å². The highest BCUT2D eigenvalue weighted by atomic mass is 32.2. The van der Waals surface area contributed by atoms with Gasteiger partial charge < -0.3 is 19.5 Å². The monoisotopic (exact) mass is 488 g/mol. The van der Waals surface area contributed by atoms with E-state index >= 15 is 0 Å². The first-order valence-electron chi connectivity index (χ1n) is 11.4. The summed E-state index contributed by atoms with van der Waals surface area (Å²) in [7, 11) is -3.71. The smallest absolute Gasteiger partial charge is 0.338 e. The van der Waals surface area contributed by atoms with Gasteiger partial charge in [-0.3, -0.25) is 4.79 Å². The molecule has 34 heavy (non-hydrogen) atoms. The maximum absolute atomic E-state index is 13.0. The van der Waals surface area contributed by atoms with Crippen molar-refractivity contribution in [3.8, 4) is 11.5 Å². The molecule has 2 aliphatic rings. The number of amides is 1. The Hall–Kier alpha value is -3.11. The van der Waals surface area contributed by atoms with Gasteiger partial charge in [0, 0.05) is 24.8 Å². The van der Waals surface area contributed by atoms with E-state index in [-0.39, 0.29) is 10.5 Å². The fourth-order valence-electron chi connectivity index (χ4n) is 3.86. The standard InChI is InChI=1S/C24H28N2O7S/c1-17(23(27)25-19-9-10-21-22(16-19)32-14-13-31-21)33-24(28)18-7-6-8-20(15-18)34(29,30)26-11-4-2-3-5-12-26/h6-10,15-17H,2-5,11-14H2,1H3,(H,25,27)/t17-/m0/s1. The zero-order valence-corrected chi connectivity index (χ0v) is 19.8. The number of carbonyl (C=O) groups excluding carboxylic acids is 2. The topological polar surface area (TPSA) is 111 Å². The van der Waals surface area contributed by atoms with Crippen molar-refractivity contribution in [3.63, 3.8) is 0 Å². The second-order valence-corrected chi connectivity index (χ2v) is 10.2. The molecule has 2 aromatic rings. The van der Waals surface area contributed by atoms with Gasteiger partial charge in [-0.2, -0.15) is 4.31 Å². The van der Waals surface area contributed by atoms with Crippen LogP contribution in [0.3, 0.4) is 0 Å². The van der Waals surface area contributed by atoms with Crippen LogP contribution in [0.5, 0.6) is 11.5 Å². The lowest BCUT2D eigenvalue weighted by Gasteiger charge is -2.20. The number of esters is 1. The molecule has 0 bridgehead atoms. The Labute approximate surface area is 199 Å². The first-order chi connectivity index (χ1) is 16.3. The summed E-state index contributed by atoms with van der Waals surface area (Å²) in [5.74, 6) is -0.189. The average Bonchev–Trinajstić information content (AvgIpc) is 3.14. The van der Waals surface area contributed by atoms with Crippen molar-refractivity contribution in [2.24, 2.45) is 0 Å². The number of benzene rings is 2. The first-order valence-corrected chi connectivity index (χ1v) is 12.8. The van der Waals surface area contributed by atoms with Crippen molar-refractivity contribution >= 4 is 27.6 Å². The highest BCUT2D eigenvalue weighted by Crippen LogP contribution is 2.32. The number of carbonyl (C=O) groups is 2. The van der Waals surface area contributed by atoms with Crippen LogP contribution in [0, 0.1) is 0 Å². The summed E-state index contributed by atoms with van der Waals surface area (Å²) in [5.41, 5.74) is 0.539. The summed E-state index contributed by atoms with van der Waals surface area (Å²) in [6, 6.07) is 10.7. The molecule has 0 aromatic heterocycles. The molecule has 0 spiro atoms. The Kier molecular flexibility index (Phi) is 7.38. The minimum Gasteiger partial charge on any atom is -0.486 e. The molecule has 182 valence electrons. The Morgan fingerprint density at radius 1 is 0.971 bits per heavy atom. The number of ether oxygens (including phenoxy) is 3. The number of fused-ring (bicyclic) bond motifs is 1. The molecule has 2 heterocycles. The average molecular weight is 489 g/mol. The van der Waals surface area contributed by atoms with Crippen LogP contribution >= 0.6 is 0 Å². The van der Waals surface area contributed by atoms with Crippen LogP contribution in [0.15, 0.2) is 47.4 Å². The van der Waals surface area contributed by atoms with Crippen LogP contribution in [0.25, 0.3) is 0 Å². The summed E-state index contributed by atoms with van der Waals surface area (Å²) in [5, 5.41) is 2.68. The quantitative estimate of drug-likeness (QED) is 0.622. The Bertz CT molecular complexity index is 1160. The summed E-state index contributed by atoms with van der Waals surface area (Å²) in [4.78, 5) is 25.3. The van der Waals surface area contributed by atoms with E-state index in [0.29, 0.717) is 43.5 Å². The molecule has 0 radical (unpaired) electrons. The van der Waals surface area contributed by atoms with Gasteiger partial charge in [0.25, 0.3) is 5.91 Å². The van der Waals surface area contributed by atoms with E-state index in [1.54, 1.807) is 18.2 Å². The van der Waals surface area contributed by atoms with Gasteiger partial charge in [0.15, 0.2) is 17.6 Å². The normalized spacial score (nSPS) is 17.3. The van der Waals surface area contributed by atoms with Gasteiger partial charge in [-0.05, 0) is 50.1 Å². The third-order valence-electron chi connectivity index (χ3n) is 5.74. The zero-order chi connectivity index (χ0) is 24.1. The van der Waals surface area contributed by atoms with Gasteiger partial charge in [-0.15, -0.1) is 0 Å². The molecule has 4 rings (SSSR count). The second kappa shape index (κ2) is 10.4. The molecular weight excluding hydrogens is 460 g/mol. The van der Waals surface area contributed by atoms with Crippen molar-refractivity contribution in [1.29, 1.82) is 0 Å². The predicted octanol–water partition coefficient (Wildman–Crippen LogP) is 3.21. The SMILES string of the molecule is C[C@H](OC(=O)c1cccc(S(=O)(=O)N2CCCCCC2)c1)C(=O)Nc1ccc2c(c1)OCCO2. The van der Waals surface area contributed by atoms with Gasteiger partial charge in [0.1, 0.15) is 13.2 Å². The van der Waals surface area contributed by atoms with Crippen molar-refractivity contribution in [2.75, 3.05) is 31.6 Å². The molecule has 2 aliphatic heterocycles. The Balaban J connectivity index is 1.40. The molecule has 2 aromatic carbocycles. The summed E-state index contributed by atoms with van der Waals surface area (Å²) in [6.45, 7) is 3.27. The van der Waals surface area contributed by atoms with Crippen LogP contribution in [-0.2, 0) is 19.6 Å². The molecular formula is C24H28N2O7S. The summed E-state index contributed by atoms with van der Waals surface area (Å²) >= 11 is 0. The number of nitrogens with zero attached hydrogens (tertiary/aromatic N) is 1. The minimum absolute atomic E-state index is 0.0391. The summed E-state index contributed by atoms with van der Waals surface area (Å²) in [6.07, 6.45) is 2.54. The van der Waals surface area contributed by atoms with Crippen molar-refractivity contribution in [2.45, 2.75) is 43.6 Å². The van der Waals surface area contributed by atoms with E-state index in [1.165, 1.54) is 35.5 Å². The van der Waals surface area contributed by atoms with Gasteiger partial charge in [-0.1, -0.05) is 18.9 Å². The second-order valence-electron chi connectivity index (χ2n) is 8.24. The molecule has 0 aliphatic carbocycles. The van der Waals surface area contributed by atoms with E-state index < -0.39 is 28.0 Å². The molecule has 1 fully saturated rings. The minimum atomic E-state index is -3.71. The number of nitrogens with one attached hydrogen (secondary N) is 1. The number of hydrogen-bond acceptors (Lipinski definition) is 7. The van der Waals surface area contributed by atoms with Crippen LogP contribution in [-0.4, -0.2) is 57.0 Å². The Morgan fingerprint density at radius 2 is 1.68 bits per heavy atom. The highest BCUT2D eigenvalue weighted by Gasteiger charge is 2.27. The maximum atomic E-state index is 13.0. The van der Waals surface area contributed by atoms with Crippen molar-refractivity contribution < 1.29 is 32.2 Å². The summed E-state index contributed by atoms with van der Waals surface area (Å²) < 4.78 is 43.8. The molecule has 0 saturated carbocycles. The lowest BCUT2D eigenvalue weighted by atomic mass is 10.2. The van der Waals surface area contributed by atoms with E-state index in [1.807, 2.05) is 0 Å². The largest absolute Gasteiger partial charge is 0.486 e. The van der Waals surface area contributed by atoms with Gasteiger partial charge in [0.05, 0.1) is 10.5 Å². The predicted molar refractivity (Wildman–Crippen MR) is 125 cm³/mol. The van der Waals surface area contributed by atoms with Crippen LogP contribution in [0.1, 0.15) is 43.0 Å². The number of sulfonamides is 1.